The van der Waals surface area contributed by atoms with Crippen LogP contribution in [0.5, 0.6) is 0 Å². The van der Waals surface area contributed by atoms with Gasteiger partial charge in [-0.1, -0.05) is 36.8 Å². The van der Waals surface area contributed by atoms with Crippen molar-refractivity contribution in [1.29, 1.82) is 0 Å². The molecule has 8 heteroatoms. The smallest absolute Gasteiger partial charge is 0.341 e. The Bertz CT molecular complexity index is 1420. The SMILES string of the molecule is COC(=O)c1c(-c2ccc(C)cc2)csc1NC(=O)c1sc2nc3c(cc2c1N)CC(C)CC3. The number of carbonyl (C=O) groups excluding carboxylic acids is 2. The quantitative estimate of drug-likeness (QED) is 0.338. The monoisotopic (exact) mass is 491 g/mol. The predicted octanol–water partition coefficient (Wildman–Crippen LogP) is 6.08. The van der Waals surface area contributed by atoms with Gasteiger partial charge in [0.2, 0.25) is 0 Å². The maximum Gasteiger partial charge on any atom is 0.341 e. The van der Waals surface area contributed by atoms with Gasteiger partial charge in [0.15, 0.2) is 0 Å². The van der Waals surface area contributed by atoms with Crippen LogP contribution in [0.15, 0.2) is 35.7 Å². The van der Waals surface area contributed by atoms with Crippen LogP contribution in [-0.4, -0.2) is 24.0 Å². The van der Waals surface area contributed by atoms with Gasteiger partial charge in [-0.25, -0.2) is 9.78 Å². The number of nitrogen functional groups attached to an aromatic ring is 1. The fraction of sp³-hybridized carbons (Fsp3) is 0.269. The number of nitrogens with one attached hydrogen (secondary N) is 1. The second-order valence-electron chi connectivity index (χ2n) is 8.80. The molecule has 6 nitrogen and oxygen atoms in total. The van der Waals surface area contributed by atoms with Crippen LogP contribution in [0.1, 0.15) is 50.2 Å². The van der Waals surface area contributed by atoms with Gasteiger partial charge in [0.1, 0.15) is 20.3 Å². The van der Waals surface area contributed by atoms with E-state index in [0.29, 0.717) is 27.0 Å². The molecule has 1 aromatic carbocycles. The lowest BCUT2D eigenvalue weighted by Gasteiger charge is -2.20. The average Bonchev–Trinajstić information content (AvgIpc) is 3.38. The van der Waals surface area contributed by atoms with Gasteiger partial charge in [-0.05, 0) is 49.3 Å². The number of benzene rings is 1. The Morgan fingerprint density at radius 1 is 1.24 bits per heavy atom. The van der Waals surface area contributed by atoms with Crippen molar-refractivity contribution in [2.45, 2.75) is 33.1 Å². The minimum atomic E-state index is -0.500. The van der Waals surface area contributed by atoms with Gasteiger partial charge in [0.05, 0.1) is 12.8 Å². The number of rotatable bonds is 4. The Hall–Kier alpha value is -3.23. The first-order valence-electron chi connectivity index (χ1n) is 11.1. The van der Waals surface area contributed by atoms with Gasteiger partial charge in [0, 0.05) is 22.0 Å². The molecule has 5 rings (SSSR count). The molecule has 1 atom stereocenters. The van der Waals surface area contributed by atoms with Gasteiger partial charge < -0.3 is 15.8 Å². The molecule has 0 fully saturated rings. The lowest BCUT2D eigenvalue weighted by molar-refractivity contribution is 0.0603. The highest BCUT2D eigenvalue weighted by atomic mass is 32.1. The molecule has 0 saturated heterocycles. The summed E-state index contributed by atoms with van der Waals surface area (Å²) in [6, 6.07) is 9.97. The molecule has 3 aromatic heterocycles. The molecule has 1 unspecified atom stereocenters. The van der Waals surface area contributed by atoms with Gasteiger partial charge in [0.25, 0.3) is 5.91 Å². The number of aryl methyl sites for hydroxylation is 2. The number of esters is 1. The van der Waals surface area contributed by atoms with E-state index in [0.717, 1.165) is 51.9 Å². The van der Waals surface area contributed by atoms with E-state index in [1.807, 2.05) is 36.6 Å². The van der Waals surface area contributed by atoms with Crippen LogP contribution in [0.25, 0.3) is 21.3 Å². The van der Waals surface area contributed by atoms with Crippen LogP contribution < -0.4 is 11.1 Å². The summed E-state index contributed by atoms with van der Waals surface area (Å²) >= 11 is 2.58. The first-order chi connectivity index (χ1) is 16.4. The van der Waals surface area contributed by atoms with Crippen molar-refractivity contribution in [2.75, 3.05) is 18.2 Å². The molecule has 34 heavy (non-hydrogen) atoms. The van der Waals surface area contributed by atoms with E-state index in [4.69, 9.17) is 15.5 Å². The number of fused-ring (bicyclic) bond motifs is 2. The van der Waals surface area contributed by atoms with E-state index < -0.39 is 5.97 Å². The van der Waals surface area contributed by atoms with Crippen molar-refractivity contribution in [3.63, 3.8) is 0 Å². The molecular formula is C26H25N3O3S2. The van der Waals surface area contributed by atoms with Gasteiger partial charge >= 0.3 is 5.97 Å². The number of nitrogens with two attached hydrogens (primary N) is 1. The summed E-state index contributed by atoms with van der Waals surface area (Å²) in [7, 11) is 1.34. The second kappa shape index (κ2) is 8.85. The zero-order valence-corrected chi connectivity index (χ0v) is 20.9. The minimum absolute atomic E-state index is 0.340. The van der Waals surface area contributed by atoms with Crippen molar-refractivity contribution in [3.05, 3.63) is 63.0 Å². The largest absolute Gasteiger partial charge is 0.465 e. The number of hydrogen-bond acceptors (Lipinski definition) is 7. The Morgan fingerprint density at radius 2 is 2.00 bits per heavy atom. The Morgan fingerprint density at radius 3 is 2.74 bits per heavy atom. The molecule has 3 N–H and O–H groups in total. The Labute approximate surface area is 205 Å². The van der Waals surface area contributed by atoms with Crippen molar-refractivity contribution >= 4 is 55.5 Å². The summed E-state index contributed by atoms with van der Waals surface area (Å²) in [5.74, 6) is -0.234. The number of nitrogens with zero attached hydrogens (tertiary/aromatic N) is 1. The van der Waals surface area contributed by atoms with Gasteiger partial charge in [-0.2, -0.15) is 0 Å². The topological polar surface area (TPSA) is 94.3 Å². The number of anilines is 2. The number of thiophene rings is 2. The van der Waals surface area contributed by atoms with Gasteiger partial charge in [-0.3, -0.25) is 4.79 Å². The Balaban J connectivity index is 1.50. The molecule has 0 bridgehead atoms. The minimum Gasteiger partial charge on any atom is -0.465 e. The molecule has 3 heterocycles. The highest BCUT2D eigenvalue weighted by Crippen LogP contribution is 2.39. The normalized spacial score (nSPS) is 15.2. The lowest BCUT2D eigenvalue weighted by atomic mass is 9.87. The van der Waals surface area contributed by atoms with E-state index in [-0.39, 0.29) is 5.91 Å². The third kappa shape index (κ3) is 3.97. The van der Waals surface area contributed by atoms with Crippen LogP contribution >= 0.6 is 22.7 Å². The molecular weight excluding hydrogens is 466 g/mol. The summed E-state index contributed by atoms with van der Waals surface area (Å²) in [4.78, 5) is 31.9. The first-order valence-corrected chi connectivity index (χ1v) is 12.8. The zero-order chi connectivity index (χ0) is 24.0. The van der Waals surface area contributed by atoms with Crippen LogP contribution in [0.2, 0.25) is 0 Å². The first kappa shape index (κ1) is 22.6. The number of amides is 1. The number of hydrogen-bond donors (Lipinski definition) is 2. The summed E-state index contributed by atoms with van der Waals surface area (Å²) in [6.07, 6.45) is 3.05. The molecule has 0 saturated carbocycles. The molecule has 1 aliphatic carbocycles. The highest BCUT2D eigenvalue weighted by Gasteiger charge is 2.26. The van der Waals surface area contributed by atoms with E-state index in [1.54, 1.807) is 0 Å². The average molecular weight is 492 g/mol. The van der Waals surface area contributed by atoms with Crippen molar-refractivity contribution in [3.8, 4) is 11.1 Å². The van der Waals surface area contributed by atoms with Crippen molar-refractivity contribution < 1.29 is 14.3 Å². The molecule has 1 aliphatic rings. The predicted molar refractivity (Wildman–Crippen MR) is 139 cm³/mol. The van der Waals surface area contributed by atoms with Crippen LogP contribution in [0.3, 0.4) is 0 Å². The number of pyridine rings is 1. The maximum atomic E-state index is 13.3. The molecule has 0 aliphatic heterocycles. The number of ether oxygens (including phenoxy) is 1. The standard InChI is InChI=1S/C26H25N3O3S2/c1-13-4-7-15(8-5-13)18-12-33-25(20(18)26(31)32-3)29-23(30)22-21(27)17-11-16-10-14(2)6-9-19(16)28-24(17)34-22/h4-5,7-8,11-12,14H,6,9-10,27H2,1-3H3,(H,29,30). The molecule has 0 radical (unpaired) electrons. The molecule has 0 spiro atoms. The van der Waals surface area contributed by atoms with Crippen molar-refractivity contribution in [1.82, 2.24) is 4.98 Å². The third-order valence-corrected chi connectivity index (χ3v) is 8.32. The lowest BCUT2D eigenvalue weighted by Crippen LogP contribution is -2.14. The second-order valence-corrected chi connectivity index (χ2v) is 10.7. The number of methoxy groups -OCH3 is 1. The molecule has 4 aromatic rings. The zero-order valence-electron chi connectivity index (χ0n) is 19.2. The van der Waals surface area contributed by atoms with E-state index in [1.165, 1.54) is 35.3 Å². The van der Waals surface area contributed by atoms with Crippen LogP contribution in [0, 0.1) is 12.8 Å². The number of aromatic nitrogens is 1. The molecule has 1 amide bonds. The summed E-state index contributed by atoms with van der Waals surface area (Å²) in [5.41, 5.74) is 12.2. The third-order valence-electron chi connectivity index (χ3n) is 6.31. The van der Waals surface area contributed by atoms with Gasteiger partial charge in [-0.15, -0.1) is 22.7 Å². The number of carbonyl (C=O) groups is 2. The van der Waals surface area contributed by atoms with Crippen molar-refractivity contribution in [2.24, 2.45) is 5.92 Å². The molecule has 174 valence electrons. The van der Waals surface area contributed by atoms with E-state index in [2.05, 4.69) is 18.3 Å². The van der Waals surface area contributed by atoms with Crippen LogP contribution in [-0.2, 0) is 17.6 Å². The van der Waals surface area contributed by atoms with Crippen LogP contribution in [0.4, 0.5) is 10.7 Å². The summed E-state index contributed by atoms with van der Waals surface area (Å²) < 4.78 is 5.03. The summed E-state index contributed by atoms with van der Waals surface area (Å²) in [5, 5.41) is 6.02. The highest BCUT2D eigenvalue weighted by molar-refractivity contribution is 7.21. The van der Waals surface area contributed by atoms with E-state index in [9.17, 15) is 9.59 Å². The van der Waals surface area contributed by atoms with E-state index >= 15 is 0 Å². The maximum absolute atomic E-state index is 13.3. The summed E-state index contributed by atoms with van der Waals surface area (Å²) in [6.45, 7) is 4.25. The fourth-order valence-electron chi connectivity index (χ4n) is 4.40. The Kier molecular flexibility index (Phi) is 5.87. The fourth-order valence-corrected chi connectivity index (χ4v) is 6.35.